The number of thioether (sulfide) groups is 1. The van der Waals surface area contributed by atoms with Crippen molar-refractivity contribution in [1.82, 2.24) is 5.32 Å². The molecular weight excluding hydrogens is 270 g/mol. The maximum Gasteiger partial charge on any atom is 0.137 e. The Balaban J connectivity index is 2.17. The van der Waals surface area contributed by atoms with Crippen LogP contribution >= 0.6 is 23.4 Å². The highest BCUT2D eigenvalue weighted by atomic mass is 35.5. The quantitative estimate of drug-likeness (QED) is 0.686. The highest BCUT2D eigenvalue weighted by Crippen LogP contribution is 2.24. The Labute approximate surface area is 118 Å². The van der Waals surface area contributed by atoms with Crippen molar-refractivity contribution >= 4 is 23.4 Å². The Morgan fingerprint density at radius 2 is 2.22 bits per heavy atom. The summed E-state index contributed by atoms with van der Waals surface area (Å²) in [7, 11) is 1.61. The topological polar surface area (TPSA) is 41.5 Å². The molecule has 0 aliphatic carbocycles. The number of hydrogen-bond donors (Lipinski definition) is 2. The molecule has 1 aromatic rings. The largest absolute Gasteiger partial charge is 0.495 e. The fourth-order valence-electron chi connectivity index (χ4n) is 1.47. The van der Waals surface area contributed by atoms with Crippen LogP contribution in [0.15, 0.2) is 18.2 Å². The van der Waals surface area contributed by atoms with E-state index in [1.165, 1.54) is 0 Å². The number of nitrogens with one attached hydrogen (secondary N) is 1. The van der Waals surface area contributed by atoms with Crippen LogP contribution in [0, 0.1) is 0 Å². The lowest BCUT2D eigenvalue weighted by molar-refractivity contribution is 0.296. The van der Waals surface area contributed by atoms with E-state index in [-0.39, 0.29) is 6.61 Å². The SMILES string of the molecule is COc1ccc(CNCCSCCCO)cc1Cl. The summed E-state index contributed by atoms with van der Waals surface area (Å²) in [6.45, 7) is 2.05. The van der Waals surface area contributed by atoms with Crippen molar-refractivity contribution in [2.75, 3.05) is 31.8 Å². The van der Waals surface area contributed by atoms with Gasteiger partial charge in [-0.15, -0.1) is 0 Å². The van der Waals surface area contributed by atoms with Crippen molar-refractivity contribution in [3.05, 3.63) is 28.8 Å². The van der Waals surface area contributed by atoms with Gasteiger partial charge in [-0.2, -0.15) is 11.8 Å². The van der Waals surface area contributed by atoms with Gasteiger partial charge < -0.3 is 15.2 Å². The molecule has 1 rings (SSSR count). The number of methoxy groups -OCH3 is 1. The molecule has 0 radical (unpaired) electrons. The van der Waals surface area contributed by atoms with Gasteiger partial charge in [0, 0.05) is 25.4 Å². The van der Waals surface area contributed by atoms with E-state index >= 15 is 0 Å². The van der Waals surface area contributed by atoms with Gasteiger partial charge in [0.05, 0.1) is 12.1 Å². The van der Waals surface area contributed by atoms with Gasteiger partial charge in [-0.1, -0.05) is 17.7 Å². The second-order valence-electron chi connectivity index (χ2n) is 3.84. The average Bonchev–Trinajstić information content (AvgIpc) is 2.38. The molecule has 0 aliphatic heterocycles. The van der Waals surface area contributed by atoms with Crippen molar-refractivity contribution in [3.8, 4) is 5.75 Å². The zero-order valence-corrected chi connectivity index (χ0v) is 12.2. The average molecular weight is 290 g/mol. The lowest BCUT2D eigenvalue weighted by Gasteiger charge is -2.07. The summed E-state index contributed by atoms with van der Waals surface area (Å²) in [5, 5.41) is 12.6. The summed E-state index contributed by atoms with van der Waals surface area (Å²) < 4.78 is 5.10. The first-order chi connectivity index (χ1) is 8.77. The van der Waals surface area contributed by atoms with E-state index in [9.17, 15) is 0 Å². The van der Waals surface area contributed by atoms with E-state index in [4.69, 9.17) is 21.4 Å². The van der Waals surface area contributed by atoms with Gasteiger partial charge in [0.15, 0.2) is 0 Å². The van der Waals surface area contributed by atoms with Crippen LogP contribution in [0.4, 0.5) is 0 Å². The summed E-state index contributed by atoms with van der Waals surface area (Å²) in [6, 6.07) is 5.82. The van der Waals surface area contributed by atoms with Gasteiger partial charge in [0.2, 0.25) is 0 Å². The predicted octanol–water partition coefficient (Wildman–Crippen LogP) is 2.55. The molecule has 102 valence electrons. The molecule has 0 bridgehead atoms. The van der Waals surface area contributed by atoms with Gasteiger partial charge in [0.25, 0.3) is 0 Å². The van der Waals surface area contributed by atoms with Gasteiger partial charge in [-0.05, 0) is 29.9 Å². The molecule has 0 amide bonds. The summed E-state index contributed by atoms with van der Waals surface area (Å²) in [5.74, 6) is 2.79. The van der Waals surface area contributed by atoms with E-state index in [2.05, 4.69) is 5.32 Å². The van der Waals surface area contributed by atoms with Crippen LogP contribution in [-0.2, 0) is 6.54 Å². The van der Waals surface area contributed by atoms with Gasteiger partial charge in [0.1, 0.15) is 5.75 Å². The maximum absolute atomic E-state index is 8.63. The molecule has 0 atom stereocenters. The minimum absolute atomic E-state index is 0.283. The maximum atomic E-state index is 8.63. The number of benzene rings is 1. The highest BCUT2D eigenvalue weighted by molar-refractivity contribution is 7.99. The smallest absolute Gasteiger partial charge is 0.137 e. The van der Waals surface area contributed by atoms with Crippen molar-refractivity contribution in [3.63, 3.8) is 0 Å². The molecular formula is C13H20ClNO2S. The lowest BCUT2D eigenvalue weighted by Crippen LogP contribution is -2.16. The van der Waals surface area contributed by atoms with E-state index in [0.717, 1.165) is 36.6 Å². The first-order valence-electron chi connectivity index (χ1n) is 5.99. The fourth-order valence-corrected chi connectivity index (χ4v) is 2.57. The lowest BCUT2D eigenvalue weighted by atomic mass is 10.2. The third kappa shape index (κ3) is 5.96. The third-order valence-corrected chi connectivity index (χ3v) is 3.78. The number of aliphatic hydroxyl groups is 1. The van der Waals surface area contributed by atoms with E-state index < -0.39 is 0 Å². The Bertz CT molecular complexity index is 350. The molecule has 0 unspecified atom stereocenters. The van der Waals surface area contributed by atoms with Crippen molar-refractivity contribution in [2.24, 2.45) is 0 Å². The Hall–Kier alpha value is -0.420. The molecule has 0 aliphatic rings. The summed E-state index contributed by atoms with van der Waals surface area (Å²) in [6.07, 6.45) is 0.874. The van der Waals surface area contributed by atoms with E-state index in [1.807, 2.05) is 30.0 Å². The highest BCUT2D eigenvalue weighted by Gasteiger charge is 2.01. The van der Waals surface area contributed by atoms with Crippen LogP contribution in [0.1, 0.15) is 12.0 Å². The number of aliphatic hydroxyl groups excluding tert-OH is 1. The molecule has 0 saturated carbocycles. The van der Waals surface area contributed by atoms with Crippen molar-refractivity contribution < 1.29 is 9.84 Å². The van der Waals surface area contributed by atoms with Crippen molar-refractivity contribution in [1.29, 1.82) is 0 Å². The third-order valence-electron chi connectivity index (χ3n) is 2.42. The standard InChI is InChI=1S/C13H20ClNO2S/c1-17-13-4-3-11(9-12(13)14)10-15-5-8-18-7-2-6-16/h3-4,9,15-16H,2,5-8,10H2,1H3. The molecule has 5 heteroatoms. The summed E-state index contributed by atoms with van der Waals surface area (Å²) >= 11 is 7.90. The fraction of sp³-hybridized carbons (Fsp3) is 0.538. The van der Waals surface area contributed by atoms with Crippen LogP contribution in [0.5, 0.6) is 5.75 Å². The Kier molecular flexibility index (Phi) is 8.25. The molecule has 0 spiro atoms. The first-order valence-corrected chi connectivity index (χ1v) is 7.53. The normalized spacial score (nSPS) is 10.6. The van der Waals surface area contributed by atoms with Gasteiger partial charge in [-0.25, -0.2) is 0 Å². The number of halogens is 1. The molecule has 0 aromatic heterocycles. The molecule has 18 heavy (non-hydrogen) atoms. The summed E-state index contributed by atoms with van der Waals surface area (Å²) in [4.78, 5) is 0. The molecule has 0 fully saturated rings. The van der Waals surface area contributed by atoms with E-state index in [1.54, 1.807) is 7.11 Å². The van der Waals surface area contributed by atoms with Crippen LogP contribution in [-0.4, -0.2) is 36.9 Å². The molecule has 0 saturated heterocycles. The van der Waals surface area contributed by atoms with Crippen molar-refractivity contribution in [2.45, 2.75) is 13.0 Å². The minimum Gasteiger partial charge on any atom is -0.495 e. The van der Waals surface area contributed by atoms with Gasteiger partial charge >= 0.3 is 0 Å². The number of hydrogen-bond acceptors (Lipinski definition) is 4. The molecule has 2 N–H and O–H groups in total. The minimum atomic E-state index is 0.283. The monoisotopic (exact) mass is 289 g/mol. The second-order valence-corrected chi connectivity index (χ2v) is 5.47. The Morgan fingerprint density at radius 1 is 1.39 bits per heavy atom. The van der Waals surface area contributed by atoms with Gasteiger partial charge in [-0.3, -0.25) is 0 Å². The van der Waals surface area contributed by atoms with Crippen LogP contribution in [0.25, 0.3) is 0 Å². The predicted molar refractivity (Wildman–Crippen MR) is 78.7 cm³/mol. The van der Waals surface area contributed by atoms with Crippen LogP contribution in [0.2, 0.25) is 5.02 Å². The zero-order valence-electron chi connectivity index (χ0n) is 10.6. The number of rotatable bonds is 9. The molecule has 0 heterocycles. The Morgan fingerprint density at radius 3 is 2.89 bits per heavy atom. The van der Waals surface area contributed by atoms with Crippen LogP contribution < -0.4 is 10.1 Å². The molecule has 3 nitrogen and oxygen atoms in total. The van der Waals surface area contributed by atoms with E-state index in [0.29, 0.717) is 10.8 Å². The second kappa shape index (κ2) is 9.50. The summed E-state index contributed by atoms with van der Waals surface area (Å²) in [5.41, 5.74) is 1.15. The zero-order chi connectivity index (χ0) is 13.2. The number of ether oxygens (including phenoxy) is 1. The first kappa shape index (κ1) is 15.6. The van der Waals surface area contributed by atoms with Crippen LogP contribution in [0.3, 0.4) is 0 Å². The molecule has 1 aromatic carbocycles.